The van der Waals surface area contributed by atoms with Gasteiger partial charge in [-0.3, -0.25) is 14.5 Å². The second-order valence-corrected chi connectivity index (χ2v) is 10.9. The minimum atomic E-state index is -0.879. The molecule has 7 rings (SSSR count). The van der Waals surface area contributed by atoms with Gasteiger partial charge in [0, 0.05) is 12.5 Å². The van der Waals surface area contributed by atoms with Gasteiger partial charge in [0.05, 0.1) is 17.2 Å². The lowest BCUT2D eigenvalue weighted by atomic mass is 9.46. The summed E-state index contributed by atoms with van der Waals surface area (Å²) in [5, 5.41) is 19.3. The number of rotatable bonds is 3. The highest BCUT2D eigenvalue weighted by atomic mass is 16.4. The summed E-state index contributed by atoms with van der Waals surface area (Å²) in [5.74, 6) is 0.705. The van der Waals surface area contributed by atoms with Crippen molar-refractivity contribution in [3.63, 3.8) is 0 Å². The van der Waals surface area contributed by atoms with E-state index in [-0.39, 0.29) is 23.5 Å². The molecule has 1 aromatic carbocycles. The molecule has 170 valence electrons. The highest BCUT2D eigenvalue weighted by Crippen LogP contribution is 2.63. The van der Waals surface area contributed by atoms with Gasteiger partial charge in [0.1, 0.15) is 0 Å². The van der Waals surface area contributed by atoms with Crippen LogP contribution < -0.4 is 5.73 Å². The van der Waals surface area contributed by atoms with E-state index in [1.165, 1.54) is 6.42 Å². The lowest BCUT2D eigenvalue weighted by Crippen LogP contribution is -2.64. The van der Waals surface area contributed by atoms with E-state index < -0.39 is 17.6 Å². The van der Waals surface area contributed by atoms with Gasteiger partial charge in [0.15, 0.2) is 0 Å². The zero-order chi connectivity index (χ0) is 22.7. The molecule has 4 N–H and O–H groups in total. The van der Waals surface area contributed by atoms with Crippen molar-refractivity contribution in [1.82, 2.24) is 4.90 Å². The molecule has 0 spiro atoms. The quantitative estimate of drug-likeness (QED) is 0.630. The highest BCUT2D eigenvalue weighted by Gasteiger charge is 2.63. The van der Waals surface area contributed by atoms with Crippen LogP contribution in [0.4, 0.5) is 0 Å². The Morgan fingerprint density at radius 1 is 1.09 bits per heavy atom. The molecule has 1 aromatic rings. The molecular formula is C25H31N3O4. The molecule has 6 atom stereocenters. The standard InChI is InChI=1S/C18H25N3O2.C7H6O2/c1-20-14-4-12-3-13(12)21(14)16(22)15(19)17-5-10-2-11(6-17)8-18(23,7-10)9-17;8-7(9)6-4-2-1-3-5-6/h10-15,23H,2-9,19H2;1-5H,(H,8,9)/t10?,11?,12-,13?,14-,15+,17?,18?;/m0./s1. The lowest BCUT2D eigenvalue weighted by Gasteiger charge is -2.61. The maximum atomic E-state index is 13.1. The summed E-state index contributed by atoms with van der Waals surface area (Å²) in [6.45, 7) is 7.38. The maximum absolute atomic E-state index is 13.1. The number of aromatic carboxylic acids is 1. The molecule has 0 radical (unpaired) electrons. The Morgan fingerprint density at radius 3 is 2.28 bits per heavy atom. The Hall–Kier alpha value is -2.43. The number of fused-ring (bicyclic) bond motifs is 1. The summed E-state index contributed by atoms with van der Waals surface area (Å²) in [6.07, 6.45) is 7.23. The molecule has 1 amide bonds. The van der Waals surface area contributed by atoms with Crippen LogP contribution in [0.15, 0.2) is 30.3 Å². The van der Waals surface area contributed by atoms with E-state index in [0.717, 1.165) is 38.5 Å². The van der Waals surface area contributed by atoms with E-state index in [1.807, 2.05) is 4.90 Å². The largest absolute Gasteiger partial charge is 0.478 e. The van der Waals surface area contributed by atoms with Crippen LogP contribution in [0, 0.1) is 29.7 Å². The van der Waals surface area contributed by atoms with Crippen LogP contribution in [0.1, 0.15) is 61.7 Å². The highest BCUT2D eigenvalue weighted by molar-refractivity contribution is 5.87. The molecule has 4 bridgehead atoms. The SMILES string of the molecule is O=C(O)c1ccccc1.[C-]#[N+][C@@H]1C[C@@H]2CC2N1C(=O)[C@@H](N)C12CC3CC(CC(O)(C3)C1)C2. The van der Waals surface area contributed by atoms with Gasteiger partial charge in [0.2, 0.25) is 5.91 Å². The first-order valence-electron chi connectivity index (χ1n) is 11.7. The number of aliphatic hydroxyl groups is 1. The molecule has 5 aliphatic carbocycles. The number of hydrogen-bond donors (Lipinski definition) is 3. The minimum Gasteiger partial charge on any atom is -0.478 e. The first kappa shape index (κ1) is 21.4. The van der Waals surface area contributed by atoms with Gasteiger partial charge in [-0.1, -0.05) is 18.2 Å². The van der Waals surface area contributed by atoms with E-state index in [1.54, 1.807) is 30.3 Å². The third kappa shape index (κ3) is 3.60. The molecule has 1 aliphatic heterocycles. The van der Waals surface area contributed by atoms with E-state index >= 15 is 0 Å². The van der Waals surface area contributed by atoms with Crippen LogP contribution in [0.2, 0.25) is 0 Å². The number of amides is 1. The summed E-state index contributed by atoms with van der Waals surface area (Å²) >= 11 is 0. The van der Waals surface area contributed by atoms with Crippen molar-refractivity contribution >= 4 is 11.9 Å². The van der Waals surface area contributed by atoms with Gasteiger partial charge in [-0.05, 0) is 80.2 Å². The first-order valence-corrected chi connectivity index (χ1v) is 11.7. The van der Waals surface area contributed by atoms with Crippen LogP contribution in [-0.4, -0.2) is 50.8 Å². The number of piperidine rings is 1. The Bertz CT molecular complexity index is 944. The predicted octanol–water partition coefficient (Wildman–Crippen LogP) is 2.90. The number of carbonyl (C=O) groups excluding carboxylic acids is 1. The van der Waals surface area contributed by atoms with Crippen molar-refractivity contribution in [2.24, 2.45) is 28.9 Å². The number of nitrogens with two attached hydrogens (primary N) is 1. The molecule has 1 heterocycles. The van der Waals surface area contributed by atoms with Crippen molar-refractivity contribution in [3.05, 3.63) is 47.3 Å². The van der Waals surface area contributed by atoms with Crippen LogP contribution in [0.5, 0.6) is 0 Å². The first-order chi connectivity index (χ1) is 15.2. The molecular weight excluding hydrogens is 406 g/mol. The number of benzene rings is 1. The molecule has 5 saturated carbocycles. The summed E-state index contributed by atoms with van der Waals surface area (Å²) in [7, 11) is 0. The molecule has 32 heavy (non-hydrogen) atoms. The monoisotopic (exact) mass is 437 g/mol. The van der Waals surface area contributed by atoms with Gasteiger partial charge in [-0.25, -0.2) is 11.4 Å². The van der Waals surface area contributed by atoms with E-state index in [2.05, 4.69) is 4.85 Å². The van der Waals surface area contributed by atoms with Crippen LogP contribution in [0.3, 0.4) is 0 Å². The zero-order valence-corrected chi connectivity index (χ0v) is 18.2. The number of carboxylic acid groups (broad SMARTS) is 1. The zero-order valence-electron chi connectivity index (χ0n) is 18.2. The molecule has 0 aromatic heterocycles. The van der Waals surface area contributed by atoms with Crippen molar-refractivity contribution in [3.8, 4) is 0 Å². The topological polar surface area (TPSA) is 108 Å². The fraction of sp³-hybridized carbons (Fsp3) is 0.640. The lowest BCUT2D eigenvalue weighted by molar-refractivity contribution is -0.177. The normalized spacial score (nSPS) is 41.2. The fourth-order valence-corrected chi connectivity index (χ4v) is 7.51. The van der Waals surface area contributed by atoms with Crippen LogP contribution >= 0.6 is 0 Å². The van der Waals surface area contributed by atoms with Crippen molar-refractivity contribution < 1.29 is 19.8 Å². The number of likely N-dealkylation sites (tertiary alicyclic amines) is 1. The molecule has 7 nitrogen and oxygen atoms in total. The Labute approximate surface area is 188 Å². The number of carbonyl (C=O) groups is 2. The van der Waals surface area contributed by atoms with Crippen molar-refractivity contribution in [1.29, 1.82) is 0 Å². The van der Waals surface area contributed by atoms with Gasteiger partial charge < -0.3 is 15.9 Å². The second kappa shape index (κ2) is 7.57. The molecule has 6 fully saturated rings. The van der Waals surface area contributed by atoms with Crippen molar-refractivity contribution in [2.75, 3.05) is 0 Å². The number of carboxylic acids is 1. The minimum absolute atomic E-state index is 0.0125. The summed E-state index contributed by atoms with van der Waals surface area (Å²) < 4.78 is 0. The van der Waals surface area contributed by atoms with Gasteiger partial charge in [-0.15, -0.1) is 0 Å². The fourth-order valence-electron chi connectivity index (χ4n) is 7.51. The maximum Gasteiger partial charge on any atom is 0.335 e. The van der Waals surface area contributed by atoms with Gasteiger partial charge in [0.25, 0.3) is 0 Å². The number of nitrogens with zero attached hydrogens (tertiary/aromatic N) is 2. The number of hydrogen-bond acceptors (Lipinski definition) is 4. The smallest absolute Gasteiger partial charge is 0.335 e. The summed E-state index contributed by atoms with van der Waals surface area (Å²) in [6, 6.07) is 8.03. The third-order valence-corrected chi connectivity index (χ3v) is 8.50. The average Bonchev–Trinajstić information content (AvgIpc) is 3.41. The van der Waals surface area contributed by atoms with Gasteiger partial charge >= 0.3 is 12.1 Å². The molecule has 6 aliphatic rings. The van der Waals surface area contributed by atoms with E-state index in [9.17, 15) is 14.7 Å². The Kier molecular flexibility index (Phi) is 5.06. The predicted molar refractivity (Wildman–Crippen MR) is 117 cm³/mol. The molecule has 7 heteroatoms. The molecule has 3 unspecified atom stereocenters. The molecule has 1 saturated heterocycles. The second-order valence-electron chi connectivity index (χ2n) is 10.9. The Balaban J connectivity index is 0.000000203. The van der Waals surface area contributed by atoms with Crippen molar-refractivity contribution in [2.45, 2.75) is 75.2 Å². The summed E-state index contributed by atoms with van der Waals surface area (Å²) in [4.78, 5) is 28.8. The van der Waals surface area contributed by atoms with E-state index in [0.29, 0.717) is 29.7 Å². The van der Waals surface area contributed by atoms with Gasteiger partial charge in [-0.2, -0.15) is 0 Å². The van der Waals surface area contributed by atoms with E-state index in [4.69, 9.17) is 17.4 Å². The van der Waals surface area contributed by atoms with Crippen LogP contribution in [-0.2, 0) is 4.79 Å². The Morgan fingerprint density at radius 2 is 1.75 bits per heavy atom. The summed E-state index contributed by atoms with van der Waals surface area (Å²) in [5.41, 5.74) is 6.06. The van der Waals surface area contributed by atoms with Crippen LogP contribution in [0.25, 0.3) is 4.85 Å². The third-order valence-electron chi connectivity index (χ3n) is 8.50. The average molecular weight is 438 g/mol.